The number of pyridine rings is 1. The third-order valence-electron chi connectivity index (χ3n) is 4.11. The average Bonchev–Trinajstić information content (AvgIpc) is 2.94. The van der Waals surface area contributed by atoms with Crippen LogP contribution >= 0.6 is 0 Å². The molecule has 0 unspecified atom stereocenters. The highest BCUT2D eigenvalue weighted by molar-refractivity contribution is 5.40. The number of rotatable bonds is 5. The third kappa shape index (κ3) is 3.89. The first kappa shape index (κ1) is 16.0. The molecule has 1 aliphatic heterocycles. The summed E-state index contributed by atoms with van der Waals surface area (Å²) in [6.45, 7) is 8.43. The van der Waals surface area contributed by atoms with Gasteiger partial charge in [-0.15, -0.1) is 0 Å². The van der Waals surface area contributed by atoms with Gasteiger partial charge in [-0.3, -0.25) is 9.88 Å². The SMILES string of the molecule is CCCn1ccnc1CN1CCO[C@@H](c2cc(N)cc(C)n2)C1. The number of aryl methyl sites for hydroxylation is 2. The average molecular weight is 315 g/mol. The Labute approximate surface area is 137 Å². The smallest absolute Gasteiger partial charge is 0.122 e. The summed E-state index contributed by atoms with van der Waals surface area (Å²) in [5, 5.41) is 0. The van der Waals surface area contributed by atoms with Gasteiger partial charge in [-0.1, -0.05) is 6.92 Å². The van der Waals surface area contributed by atoms with Crippen molar-refractivity contribution in [2.45, 2.75) is 39.5 Å². The molecular formula is C17H25N5O. The lowest BCUT2D eigenvalue weighted by atomic mass is 10.1. The van der Waals surface area contributed by atoms with Gasteiger partial charge in [-0.2, -0.15) is 0 Å². The zero-order chi connectivity index (χ0) is 16.2. The van der Waals surface area contributed by atoms with E-state index in [0.29, 0.717) is 6.61 Å². The summed E-state index contributed by atoms with van der Waals surface area (Å²) in [6, 6.07) is 3.80. The van der Waals surface area contributed by atoms with E-state index in [0.717, 1.165) is 55.5 Å². The molecule has 0 spiro atoms. The molecule has 0 bridgehead atoms. The molecule has 2 aromatic heterocycles. The van der Waals surface area contributed by atoms with E-state index in [-0.39, 0.29) is 6.10 Å². The number of aromatic nitrogens is 3. The third-order valence-corrected chi connectivity index (χ3v) is 4.11. The molecule has 0 aliphatic carbocycles. The number of nitrogens with two attached hydrogens (primary N) is 1. The van der Waals surface area contributed by atoms with Gasteiger partial charge < -0.3 is 15.0 Å². The molecule has 0 saturated carbocycles. The highest BCUT2D eigenvalue weighted by Crippen LogP contribution is 2.23. The summed E-state index contributed by atoms with van der Waals surface area (Å²) >= 11 is 0. The van der Waals surface area contributed by atoms with Crippen LogP contribution in [0.1, 0.15) is 36.7 Å². The second-order valence-corrected chi connectivity index (χ2v) is 6.10. The van der Waals surface area contributed by atoms with Crippen molar-refractivity contribution in [1.82, 2.24) is 19.4 Å². The molecule has 1 atom stereocenters. The molecule has 3 rings (SSSR count). The number of morpholine rings is 1. The molecule has 2 N–H and O–H groups in total. The van der Waals surface area contributed by atoms with Crippen LogP contribution in [0.4, 0.5) is 5.69 Å². The van der Waals surface area contributed by atoms with Crippen LogP contribution in [0.25, 0.3) is 0 Å². The molecule has 124 valence electrons. The lowest BCUT2D eigenvalue weighted by Crippen LogP contribution is -2.38. The molecule has 23 heavy (non-hydrogen) atoms. The van der Waals surface area contributed by atoms with Gasteiger partial charge in [0.15, 0.2) is 0 Å². The lowest BCUT2D eigenvalue weighted by Gasteiger charge is -2.32. The van der Waals surface area contributed by atoms with Gasteiger partial charge in [0.2, 0.25) is 0 Å². The van der Waals surface area contributed by atoms with Crippen LogP contribution in [-0.2, 0) is 17.8 Å². The van der Waals surface area contributed by atoms with Gasteiger partial charge in [0.25, 0.3) is 0 Å². The maximum absolute atomic E-state index is 5.94. The Kier molecular flexibility index (Phi) is 4.93. The predicted octanol–water partition coefficient (Wildman–Crippen LogP) is 2.15. The van der Waals surface area contributed by atoms with E-state index < -0.39 is 0 Å². The maximum atomic E-state index is 5.94. The van der Waals surface area contributed by atoms with Crippen molar-refractivity contribution in [3.63, 3.8) is 0 Å². The number of nitrogens with zero attached hydrogens (tertiary/aromatic N) is 4. The van der Waals surface area contributed by atoms with Gasteiger partial charge in [-0.05, 0) is 25.5 Å². The van der Waals surface area contributed by atoms with Gasteiger partial charge in [0, 0.05) is 43.4 Å². The topological polar surface area (TPSA) is 69.2 Å². The number of imidazole rings is 1. The van der Waals surface area contributed by atoms with Crippen LogP contribution in [0.5, 0.6) is 0 Å². The molecule has 0 amide bonds. The Morgan fingerprint density at radius 1 is 1.39 bits per heavy atom. The number of anilines is 1. The van der Waals surface area contributed by atoms with Crippen molar-refractivity contribution < 1.29 is 4.74 Å². The van der Waals surface area contributed by atoms with E-state index >= 15 is 0 Å². The fraction of sp³-hybridized carbons (Fsp3) is 0.529. The zero-order valence-electron chi connectivity index (χ0n) is 13.9. The summed E-state index contributed by atoms with van der Waals surface area (Å²) in [5.74, 6) is 1.12. The van der Waals surface area contributed by atoms with E-state index in [2.05, 4.69) is 32.6 Å². The molecule has 1 aliphatic rings. The minimum Gasteiger partial charge on any atom is -0.399 e. The largest absolute Gasteiger partial charge is 0.399 e. The zero-order valence-corrected chi connectivity index (χ0v) is 13.9. The molecular weight excluding hydrogens is 290 g/mol. The minimum atomic E-state index is -0.0273. The minimum absolute atomic E-state index is 0.0273. The van der Waals surface area contributed by atoms with Crippen LogP contribution in [-0.4, -0.2) is 39.1 Å². The molecule has 0 aromatic carbocycles. The number of ether oxygens (including phenoxy) is 1. The normalized spacial score (nSPS) is 19.1. The van der Waals surface area contributed by atoms with E-state index in [4.69, 9.17) is 10.5 Å². The Balaban J connectivity index is 1.69. The molecule has 6 nitrogen and oxygen atoms in total. The van der Waals surface area contributed by atoms with Crippen LogP contribution < -0.4 is 5.73 Å². The summed E-state index contributed by atoms with van der Waals surface area (Å²) in [5.41, 5.74) is 8.53. The van der Waals surface area contributed by atoms with E-state index in [1.54, 1.807) is 0 Å². The molecule has 6 heteroatoms. The number of hydrogen-bond acceptors (Lipinski definition) is 5. The first-order chi connectivity index (χ1) is 11.2. The standard InChI is InChI=1S/C17H25N5O/c1-3-5-22-6-4-19-17(22)12-21-7-8-23-16(11-21)15-10-14(18)9-13(2)20-15/h4,6,9-10,16H,3,5,7-8,11-12H2,1-2H3,(H2,18,20)/t16-/m1/s1. The molecule has 2 aromatic rings. The Hall–Kier alpha value is -1.92. The van der Waals surface area contributed by atoms with E-state index in [1.165, 1.54) is 0 Å². The fourth-order valence-electron chi connectivity index (χ4n) is 3.05. The number of nitrogen functional groups attached to an aromatic ring is 1. The van der Waals surface area contributed by atoms with Crippen molar-refractivity contribution in [2.75, 3.05) is 25.4 Å². The van der Waals surface area contributed by atoms with Crippen molar-refractivity contribution >= 4 is 5.69 Å². The van der Waals surface area contributed by atoms with Crippen LogP contribution in [0.15, 0.2) is 24.5 Å². The first-order valence-electron chi connectivity index (χ1n) is 8.23. The van der Waals surface area contributed by atoms with E-state index in [9.17, 15) is 0 Å². The number of hydrogen-bond donors (Lipinski definition) is 1. The Bertz CT molecular complexity index is 634. The quantitative estimate of drug-likeness (QED) is 0.915. The highest BCUT2D eigenvalue weighted by atomic mass is 16.5. The summed E-state index contributed by atoms with van der Waals surface area (Å²) in [7, 11) is 0. The fourth-order valence-corrected chi connectivity index (χ4v) is 3.05. The molecule has 1 fully saturated rings. The van der Waals surface area contributed by atoms with E-state index in [1.807, 2.05) is 25.3 Å². The van der Waals surface area contributed by atoms with Crippen LogP contribution in [0, 0.1) is 6.92 Å². The summed E-state index contributed by atoms with van der Waals surface area (Å²) < 4.78 is 8.14. The van der Waals surface area contributed by atoms with Gasteiger partial charge in [0.05, 0.1) is 18.8 Å². The van der Waals surface area contributed by atoms with Crippen molar-refractivity contribution in [3.8, 4) is 0 Å². The van der Waals surface area contributed by atoms with Crippen molar-refractivity contribution in [2.24, 2.45) is 0 Å². The predicted molar refractivity (Wildman–Crippen MR) is 89.9 cm³/mol. The Morgan fingerprint density at radius 3 is 3.04 bits per heavy atom. The lowest BCUT2D eigenvalue weighted by molar-refractivity contribution is -0.0360. The maximum Gasteiger partial charge on any atom is 0.122 e. The molecule has 0 radical (unpaired) electrons. The first-order valence-corrected chi connectivity index (χ1v) is 8.23. The monoisotopic (exact) mass is 315 g/mol. The van der Waals surface area contributed by atoms with Crippen molar-refractivity contribution in [3.05, 3.63) is 41.7 Å². The highest BCUT2D eigenvalue weighted by Gasteiger charge is 2.24. The second-order valence-electron chi connectivity index (χ2n) is 6.10. The van der Waals surface area contributed by atoms with Gasteiger partial charge in [-0.25, -0.2) is 4.98 Å². The summed E-state index contributed by atoms with van der Waals surface area (Å²) in [4.78, 5) is 11.5. The molecule has 1 saturated heterocycles. The Morgan fingerprint density at radius 2 is 2.26 bits per heavy atom. The van der Waals surface area contributed by atoms with Gasteiger partial charge in [0.1, 0.15) is 11.9 Å². The second kappa shape index (κ2) is 7.10. The van der Waals surface area contributed by atoms with Gasteiger partial charge >= 0.3 is 0 Å². The molecule has 3 heterocycles. The summed E-state index contributed by atoms with van der Waals surface area (Å²) in [6.07, 6.45) is 5.02. The van der Waals surface area contributed by atoms with Crippen LogP contribution in [0.2, 0.25) is 0 Å². The van der Waals surface area contributed by atoms with Crippen molar-refractivity contribution in [1.29, 1.82) is 0 Å². The van der Waals surface area contributed by atoms with Crippen LogP contribution in [0.3, 0.4) is 0 Å².